The van der Waals surface area contributed by atoms with Gasteiger partial charge < -0.3 is 20.5 Å². The van der Waals surface area contributed by atoms with Crippen LogP contribution in [-0.2, 0) is 6.54 Å². The first-order valence-electron chi connectivity index (χ1n) is 7.24. The third-order valence-electron chi connectivity index (χ3n) is 3.71. The number of guanidine groups is 1. The van der Waals surface area contributed by atoms with Gasteiger partial charge in [-0.1, -0.05) is 6.42 Å². The molecule has 0 bridgehead atoms. The predicted octanol–water partition coefficient (Wildman–Crippen LogP) is 3.12. The Morgan fingerprint density at radius 2 is 2.17 bits per heavy atom. The van der Waals surface area contributed by atoms with Crippen molar-refractivity contribution in [3.8, 4) is 11.5 Å². The van der Waals surface area contributed by atoms with Gasteiger partial charge in [0.25, 0.3) is 0 Å². The number of halogens is 3. The van der Waals surface area contributed by atoms with Crippen LogP contribution in [0.1, 0.15) is 24.8 Å². The highest BCUT2D eigenvalue weighted by molar-refractivity contribution is 14.0. The fraction of sp³-hybridized carbons (Fsp3) is 0.533. The van der Waals surface area contributed by atoms with E-state index in [2.05, 4.69) is 15.0 Å². The molecule has 1 aliphatic rings. The zero-order chi connectivity index (χ0) is 15.9. The van der Waals surface area contributed by atoms with E-state index in [9.17, 15) is 8.78 Å². The third-order valence-corrected chi connectivity index (χ3v) is 3.71. The Hall–Kier alpha value is -1.32. The summed E-state index contributed by atoms with van der Waals surface area (Å²) in [6.45, 7) is -1.93. The maximum absolute atomic E-state index is 12.5. The fourth-order valence-corrected chi connectivity index (χ4v) is 2.17. The van der Waals surface area contributed by atoms with Crippen LogP contribution in [0.4, 0.5) is 8.78 Å². The number of rotatable bonds is 7. The molecule has 1 saturated carbocycles. The summed E-state index contributed by atoms with van der Waals surface area (Å²) in [6, 6.07) is 4.72. The molecular formula is C15H22F2IN3O2. The van der Waals surface area contributed by atoms with Gasteiger partial charge in [-0.3, -0.25) is 0 Å². The van der Waals surface area contributed by atoms with Crippen molar-refractivity contribution in [1.82, 2.24) is 5.32 Å². The summed E-state index contributed by atoms with van der Waals surface area (Å²) >= 11 is 0. The van der Waals surface area contributed by atoms with E-state index < -0.39 is 6.61 Å². The van der Waals surface area contributed by atoms with E-state index >= 15 is 0 Å². The van der Waals surface area contributed by atoms with Crippen molar-refractivity contribution in [2.75, 3.05) is 13.7 Å². The van der Waals surface area contributed by atoms with Crippen LogP contribution in [-0.4, -0.2) is 26.2 Å². The lowest BCUT2D eigenvalue weighted by Gasteiger charge is -2.25. The highest BCUT2D eigenvalue weighted by atomic mass is 127. The minimum atomic E-state index is -2.90. The quantitative estimate of drug-likeness (QED) is 0.388. The number of nitrogens with two attached hydrogens (primary N) is 1. The molecule has 3 N–H and O–H groups in total. The van der Waals surface area contributed by atoms with Crippen LogP contribution >= 0.6 is 24.0 Å². The monoisotopic (exact) mass is 441 g/mol. The Bertz CT molecular complexity index is 525. The lowest BCUT2D eigenvalue weighted by atomic mass is 9.85. The first-order valence-corrected chi connectivity index (χ1v) is 7.24. The Balaban J connectivity index is 0.00000264. The Kier molecular flexibility index (Phi) is 8.35. The lowest BCUT2D eigenvalue weighted by molar-refractivity contribution is -0.0505. The van der Waals surface area contributed by atoms with Gasteiger partial charge in [0.1, 0.15) is 11.5 Å². The van der Waals surface area contributed by atoms with E-state index in [1.165, 1.54) is 32.4 Å². The minimum absolute atomic E-state index is 0. The normalized spacial score (nSPS) is 14.9. The number of nitrogens with one attached hydrogen (secondary N) is 1. The standard InChI is InChI=1S/C15H21F2N3O2.HI/c1-21-12-6-5-11(13(7-12)22-14(16)17)9-20-15(18)19-8-10-3-2-4-10;/h5-7,10,14H,2-4,8-9H2,1H3,(H3,18,19,20);1H. The van der Waals surface area contributed by atoms with Crippen LogP contribution in [0.2, 0.25) is 0 Å². The molecule has 2 rings (SSSR count). The van der Waals surface area contributed by atoms with Gasteiger partial charge in [-0.05, 0) is 30.9 Å². The van der Waals surface area contributed by atoms with Crippen LogP contribution in [0, 0.1) is 5.92 Å². The molecule has 0 aliphatic heterocycles. The number of alkyl halides is 2. The van der Waals surface area contributed by atoms with E-state index in [4.69, 9.17) is 10.5 Å². The van der Waals surface area contributed by atoms with E-state index in [0.29, 0.717) is 23.2 Å². The number of nitrogens with zero attached hydrogens (tertiary/aromatic N) is 1. The zero-order valence-corrected chi connectivity index (χ0v) is 15.3. The van der Waals surface area contributed by atoms with E-state index in [0.717, 1.165) is 6.54 Å². The van der Waals surface area contributed by atoms with Gasteiger partial charge in [-0.25, -0.2) is 4.99 Å². The second-order valence-electron chi connectivity index (χ2n) is 5.23. The van der Waals surface area contributed by atoms with Gasteiger partial charge >= 0.3 is 6.61 Å². The molecule has 0 heterocycles. The van der Waals surface area contributed by atoms with Gasteiger partial charge in [0.15, 0.2) is 5.96 Å². The van der Waals surface area contributed by atoms with Crippen LogP contribution in [0.25, 0.3) is 0 Å². The molecule has 0 saturated heterocycles. The third kappa shape index (κ3) is 6.36. The average molecular weight is 441 g/mol. The first-order chi connectivity index (χ1) is 10.6. The van der Waals surface area contributed by atoms with Gasteiger partial charge in [-0.15, -0.1) is 24.0 Å². The maximum Gasteiger partial charge on any atom is 0.387 e. The molecule has 0 atom stereocenters. The Morgan fingerprint density at radius 3 is 2.74 bits per heavy atom. The van der Waals surface area contributed by atoms with E-state index in [1.54, 1.807) is 12.1 Å². The lowest BCUT2D eigenvalue weighted by Crippen LogP contribution is -2.37. The molecule has 1 fully saturated rings. The second-order valence-corrected chi connectivity index (χ2v) is 5.23. The molecule has 8 heteroatoms. The Morgan fingerprint density at radius 1 is 1.43 bits per heavy atom. The molecule has 0 unspecified atom stereocenters. The van der Waals surface area contributed by atoms with Crippen LogP contribution in [0.5, 0.6) is 11.5 Å². The summed E-state index contributed by atoms with van der Waals surface area (Å²) in [4.78, 5) is 4.17. The number of hydrogen-bond acceptors (Lipinski definition) is 3. The van der Waals surface area contributed by atoms with Crippen molar-refractivity contribution < 1.29 is 18.3 Å². The van der Waals surface area contributed by atoms with Gasteiger partial charge in [0.2, 0.25) is 0 Å². The van der Waals surface area contributed by atoms with Crippen molar-refractivity contribution in [2.45, 2.75) is 32.4 Å². The fourth-order valence-electron chi connectivity index (χ4n) is 2.17. The molecule has 0 amide bonds. The summed E-state index contributed by atoms with van der Waals surface area (Å²) in [6.07, 6.45) is 3.69. The van der Waals surface area contributed by atoms with Crippen molar-refractivity contribution in [2.24, 2.45) is 16.6 Å². The largest absolute Gasteiger partial charge is 0.497 e. The molecular weight excluding hydrogens is 419 g/mol. The summed E-state index contributed by atoms with van der Waals surface area (Å²) in [5.74, 6) is 1.46. The molecule has 5 nitrogen and oxygen atoms in total. The topological polar surface area (TPSA) is 68.9 Å². The number of hydrogen-bond donors (Lipinski definition) is 2. The molecule has 1 aromatic rings. The average Bonchev–Trinajstić information content (AvgIpc) is 2.43. The van der Waals surface area contributed by atoms with Gasteiger partial charge in [0.05, 0.1) is 13.7 Å². The van der Waals surface area contributed by atoms with Crippen molar-refractivity contribution in [3.63, 3.8) is 0 Å². The number of methoxy groups -OCH3 is 1. The SMILES string of the molecule is COc1ccc(CN=C(N)NCC2CCC2)c(OC(F)F)c1.I. The highest BCUT2D eigenvalue weighted by Crippen LogP contribution is 2.27. The molecule has 130 valence electrons. The maximum atomic E-state index is 12.5. The summed E-state index contributed by atoms with van der Waals surface area (Å²) in [5, 5.41) is 3.05. The minimum Gasteiger partial charge on any atom is -0.497 e. The first kappa shape index (κ1) is 19.7. The zero-order valence-electron chi connectivity index (χ0n) is 12.9. The number of ether oxygens (including phenoxy) is 2. The summed E-state index contributed by atoms with van der Waals surface area (Å²) in [7, 11) is 1.46. The van der Waals surface area contributed by atoms with E-state index in [1.807, 2.05) is 0 Å². The van der Waals surface area contributed by atoms with E-state index in [-0.39, 0.29) is 36.3 Å². The van der Waals surface area contributed by atoms with Crippen LogP contribution in [0.15, 0.2) is 23.2 Å². The van der Waals surface area contributed by atoms with Crippen LogP contribution in [0.3, 0.4) is 0 Å². The second kappa shape index (κ2) is 9.74. The smallest absolute Gasteiger partial charge is 0.387 e. The van der Waals surface area contributed by atoms with Crippen LogP contribution < -0.4 is 20.5 Å². The molecule has 0 radical (unpaired) electrons. The summed E-state index contributed by atoms with van der Waals surface area (Å²) < 4.78 is 34.4. The van der Waals surface area contributed by atoms with Crippen molar-refractivity contribution in [3.05, 3.63) is 23.8 Å². The molecule has 1 aromatic carbocycles. The predicted molar refractivity (Wildman–Crippen MR) is 95.7 cm³/mol. The number of benzene rings is 1. The molecule has 23 heavy (non-hydrogen) atoms. The molecule has 0 aromatic heterocycles. The molecule has 1 aliphatic carbocycles. The number of aliphatic imine (C=N–C) groups is 1. The molecule has 0 spiro atoms. The summed E-state index contributed by atoms with van der Waals surface area (Å²) in [5.41, 5.74) is 6.30. The van der Waals surface area contributed by atoms with Gasteiger partial charge in [-0.2, -0.15) is 8.78 Å². The Labute approximate surface area is 151 Å². The van der Waals surface area contributed by atoms with Crippen molar-refractivity contribution in [1.29, 1.82) is 0 Å². The van der Waals surface area contributed by atoms with Gasteiger partial charge in [0, 0.05) is 18.2 Å². The van der Waals surface area contributed by atoms with Crippen molar-refractivity contribution >= 4 is 29.9 Å². The highest BCUT2D eigenvalue weighted by Gasteiger charge is 2.17.